The largest absolute Gasteiger partial charge is 0.378 e. The lowest BCUT2D eigenvalue weighted by Gasteiger charge is -2.38. The third kappa shape index (κ3) is 3.93. The van der Waals surface area contributed by atoms with Gasteiger partial charge in [0.25, 0.3) is 0 Å². The van der Waals surface area contributed by atoms with E-state index in [9.17, 15) is 0 Å². The Bertz CT molecular complexity index is 279. The molecule has 2 rings (SSSR count). The van der Waals surface area contributed by atoms with Gasteiger partial charge in [0.2, 0.25) is 0 Å². The zero-order valence-electron chi connectivity index (χ0n) is 13.1. The molecule has 0 amide bonds. The van der Waals surface area contributed by atoms with Gasteiger partial charge < -0.3 is 14.8 Å². The topological polar surface area (TPSA) is 30.5 Å². The van der Waals surface area contributed by atoms with E-state index < -0.39 is 0 Å². The summed E-state index contributed by atoms with van der Waals surface area (Å²) in [6.07, 6.45) is 6.10. The third-order valence-corrected chi connectivity index (χ3v) is 4.92. The van der Waals surface area contributed by atoms with Crippen molar-refractivity contribution in [3.63, 3.8) is 0 Å². The van der Waals surface area contributed by atoms with E-state index in [1.165, 1.54) is 25.7 Å². The molecule has 0 aliphatic carbocycles. The van der Waals surface area contributed by atoms with Gasteiger partial charge in [-0.05, 0) is 44.1 Å². The van der Waals surface area contributed by atoms with E-state index in [1.807, 2.05) is 0 Å². The van der Waals surface area contributed by atoms with Crippen molar-refractivity contribution in [1.29, 1.82) is 0 Å². The highest BCUT2D eigenvalue weighted by Crippen LogP contribution is 2.38. The summed E-state index contributed by atoms with van der Waals surface area (Å²) in [6, 6.07) is 0.603. The summed E-state index contributed by atoms with van der Waals surface area (Å²) in [5.41, 5.74) is 0.411. The average Bonchev–Trinajstić information content (AvgIpc) is 2.76. The second kappa shape index (κ2) is 6.11. The van der Waals surface area contributed by atoms with Crippen molar-refractivity contribution >= 4 is 0 Å². The van der Waals surface area contributed by atoms with Crippen LogP contribution in [0.5, 0.6) is 0 Å². The predicted molar refractivity (Wildman–Crippen MR) is 78.4 cm³/mol. The van der Waals surface area contributed by atoms with Gasteiger partial charge in [0.05, 0.1) is 12.2 Å². The van der Waals surface area contributed by atoms with Crippen LogP contribution >= 0.6 is 0 Å². The zero-order chi connectivity index (χ0) is 13.9. The van der Waals surface area contributed by atoms with Gasteiger partial charge in [-0.3, -0.25) is 0 Å². The second-order valence-electron chi connectivity index (χ2n) is 7.48. The van der Waals surface area contributed by atoms with Crippen molar-refractivity contribution < 1.29 is 9.47 Å². The molecule has 2 aliphatic rings. The lowest BCUT2D eigenvalue weighted by atomic mass is 9.78. The van der Waals surface area contributed by atoms with Crippen LogP contribution in [0, 0.1) is 11.3 Å². The number of rotatable bonds is 4. The molecular weight excluding hydrogens is 238 g/mol. The van der Waals surface area contributed by atoms with Gasteiger partial charge in [-0.25, -0.2) is 0 Å². The first-order valence-corrected chi connectivity index (χ1v) is 7.84. The van der Waals surface area contributed by atoms with Gasteiger partial charge in [-0.1, -0.05) is 20.8 Å². The minimum absolute atomic E-state index is 0.0692. The maximum absolute atomic E-state index is 6.02. The maximum Gasteiger partial charge on any atom is 0.0939 e. The fraction of sp³-hybridized carbons (Fsp3) is 1.00. The zero-order valence-corrected chi connectivity index (χ0v) is 13.1. The first-order chi connectivity index (χ1) is 8.95. The molecule has 2 heterocycles. The van der Waals surface area contributed by atoms with E-state index in [4.69, 9.17) is 9.47 Å². The first kappa shape index (κ1) is 15.3. The molecule has 0 radical (unpaired) electrons. The molecule has 0 aromatic rings. The number of hydrogen-bond acceptors (Lipinski definition) is 3. The molecule has 19 heavy (non-hydrogen) atoms. The summed E-state index contributed by atoms with van der Waals surface area (Å²) in [5, 5.41) is 3.49. The molecule has 3 unspecified atom stereocenters. The first-order valence-electron chi connectivity index (χ1n) is 7.84. The summed E-state index contributed by atoms with van der Waals surface area (Å²) in [4.78, 5) is 0. The smallest absolute Gasteiger partial charge is 0.0939 e. The lowest BCUT2D eigenvalue weighted by molar-refractivity contribution is -0.0994. The molecule has 1 N–H and O–H groups in total. The van der Waals surface area contributed by atoms with E-state index in [2.05, 4.69) is 33.1 Å². The molecule has 3 heteroatoms. The number of hydrogen-bond donors (Lipinski definition) is 1. The molecule has 2 saturated heterocycles. The average molecular weight is 269 g/mol. The summed E-state index contributed by atoms with van der Waals surface area (Å²) in [6.45, 7) is 9.60. The van der Waals surface area contributed by atoms with E-state index >= 15 is 0 Å². The van der Waals surface area contributed by atoms with E-state index in [0.29, 0.717) is 11.5 Å². The van der Waals surface area contributed by atoms with Crippen molar-refractivity contribution in [2.24, 2.45) is 11.3 Å². The summed E-state index contributed by atoms with van der Waals surface area (Å²) in [7, 11) is 2.09. The number of ether oxygens (including phenoxy) is 2. The molecule has 0 bridgehead atoms. The highest BCUT2D eigenvalue weighted by atomic mass is 16.6. The summed E-state index contributed by atoms with van der Waals surface area (Å²) < 4.78 is 11.6. The molecular formula is C16H31NO2. The monoisotopic (exact) mass is 269 g/mol. The van der Waals surface area contributed by atoms with Crippen molar-refractivity contribution in [3.8, 4) is 0 Å². The van der Waals surface area contributed by atoms with Gasteiger partial charge in [-0.2, -0.15) is 0 Å². The SMILES string of the molecule is CNC(CCC1CCOC2(CCOC2)C1)C(C)(C)C. The molecule has 1 spiro atoms. The highest BCUT2D eigenvalue weighted by Gasteiger charge is 2.41. The Morgan fingerprint density at radius 2 is 2.11 bits per heavy atom. The fourth-order valence-corrected chi connectivity index (χ4v) is 3.65. The molecule has 0 saturated carbocycles. The van der Waals surface area contributed by atoms with E-state index in [0.717, 1.165) is 32.2 Å². The van der Waals surface area contributed by atoms with Crippen molar-refractivity contribution in [2.75, 3.05) is 26.9 Å². The quantitative estimate of drug-likeness (QED) is 0.851. The standard InChI is InChI=1S/C16H31NO2/c1-15(2,3)14(17-4)6-5-13-7-9-19-16(11-13)8-10-18-12-16/h13-14,17H,5-12H2,1-4H3. The molecule has 3 atom stereocenters. The Morgan fingerprint density at radius 3 is 2.68 bits per heavy atom. The molecule has 2 aliphatic heterocycles. The Hall–Kier alpha value is -0.120. The van der Waals surface area contributed by atoms with E-state index in [1.54, 1.807) is 0 Å². The fourth-order valence-electron chi connectivity index (χ4n) is 3.65. The molecule has 3 nitrogen and oxygen atoms in total. The van der Waals surface area contributed by atoms with Gasteiger partial charge in [0, 0.05) is 25.7 Å². The predicted octanol–water partition coefficient (Wildman–Crippen LogP) is 2.99. The second-order valence-corrected chi connectivity index (χ2v) is 7.48. The molecule has 2 fully saturated rings. The highest BCUT2D eigenvalue weighted by molar-refractivity contribution is 4.91. The van der Waals surface area contributed by atoms with Crippen LogP contribution in [-0.2, 0) is 9.47 Å². The molecule has 0 aromatic heterocycles. The van der Waals surface area contributed by atoms with Crippen LogP contribution in [0.25, 0.3) is 0 Å². The van der Waals surface area contributed by atoms with Crippen molar-refractivity contribution in [3.05, 3.63) is 0 Å². The Morgan fingerprint density at radius 1 is 1.32 bits per heavy atom. The number of nitrogens with one attached hydrogen (secondary N) is 1. The van der Waals surface area contributed by atoms with Crippen molar-refractivity contribution in [1.82, 2.24) is 5.32 Å². The van der Waals surface area contributed by atoms with Crippen LogP contribution in [0.2, 0.25) is 0 Å². The minimum Gasteiger partial charge on any atom is -0.378 e. The third-order valence-electron chi connectivity index (χ3n) is 4.92. The molecule has 0 aromatic carbocycles. The normalized spacial score (nSPS) is 33.8. The van der Waals surface area contributed by atoms with Crippen LogP contribution in [0.3, 0.4) is 0 Å². The van der Waals surface area contributed by atoms with Crippen molar-refractivity contribution in [2.45, 2.75) is 64.5 Å². The summed E-state index contributed by atoms with van der Waals surface area (Å²) >= 11 is 0. The van der Waals surface area contributed by atoms with Crippen LogP contribution in [0.4, 0.5) is 0 Å². The Kier molecular flexibility index (Phi) is 4.91. The van der Waals surface area contributed by atoms with Gasteiger partial charge in [-0.15, -0.1) is 0 Å². The minimum atomic E-state index is 0.0692. The maximum atomic E-state index is 6.02. The lowest BCUT2D eigenvalue weighted by Crippen LogP contribution is -2.42. The Labute approximate surface area is 118 Å². The van der Waals surface area contributed by atoms with Crippen LogP contribution in [0.1, 0.15) is 52.9 Å². The molecule has 112 valence electrons. The van der Waals surface area contributed by atoms with Crippen LogP contribution in [0.15, 0.2) is 0 Å². The summed E-state index contributed by atoms with van der Waals surface area (Å²) in [5.74, 6) is 0.814. The van der Waals surface area contributed by atoms with Gasteiger partial charge in [0.15, 0.2) is 0 Å². The Balaban J connectivity index is 1.82. The van der Waals surface area contributed by atoms with Crippen LogP contribution < -0.4 is 5.32 Å². The van der Waals surface area contributed by atoms with Gasteiger partial charge >= 0.3 is 0 Å². The van der Waals surface area contributed by atoms with Crippen LogP contribution in [-0.4, -0.2) is 38.5 Å². The van der Waals surface area contributed by atoms with Gasteiger partial charge in [0.1, 0.15) is 0 Å². The van der Waals surface area contributed by atoms with E-state index in [-0.39, 0.29) is 5.60 Å².